The highest BCUT2D eigenvalue weighted by molar-refractivity contribution is 5.96. The number of methoxy groups -OCH3 is 1. The van der Waals surface area contributed by atoms with Crippen LogP contribution in [0, 0.1) is 5.82 Å². The summed E-state index contributed by atoms with van der Waals surface area (Å²) in [6.07, 6.45) is 4.52. The molecule has 0 radical (unpaired) electrons. The van der Waals surface area contributed by atoms with Gasteiger partial charge in [-0.05, 0) is 54.7 Å². The Bertz CT molecular complexity index is 890. The molecule has 5 nitrogen and oxygen atoms in total. The average molecular weight is 383 g/mol. The van der Waals surface area contributed by atoms with Gasteiger partial charge in [-0.1, -0.05) is 18.2 Å². The van der Waals surface area contributed by atoms with Crippen molar-refractivity contribution in [3.63, 3.8) is 0 Å². The zero-order chi connectivity index (χ0) is 19.5. The molecule has 146 valence electrons. The van der Waals surface area contributed by atoms with Crippen LogP contribution < -0.4 is 19.5 Å². The molecule has 1 aliphatic carbocycles. The maximum Gasteiger partial charge on any atom is 0.251 e. The van der Waals surface area contributed by atoms with Crippen LogP contribution in [-0.2, 0) is 0 Å². The highest BCUT2D eigenvalue weighted by atomic mass is 19.1. The molecule has 1 amide bonds. The number of carbonyl (C=O) groups is 1. The third kappa shape index (κ3) is 3.81. The molecule has 4 rings (SSSR count). The molecule has 0 aromatic heterocycles. The molecule has 0 saturated carbocycles. The first kappa shape index (κ1) is 18.3. The van der Waals surface area contributed by atoms with Crippen molar-refractivity contribution < 1.29 is 23.4 Å². The number of carbonyl (C=O) groups excluding carboxylic acids is 1. The third-order valence-corrected chi connectivity index (χ3v) is 5.05. The number of ether oxygens (including phenoxy) is 3. The molecule has 6 heteroatoms. The van der Waals surface area contributed by atoms with Gasteiger partial charge in [-0.3, -0.25) is 4.79 Å². The van der Waals surface area contributed by atoms with E-state index >= 15 is 0 Å². The maximum absolute atomic E-state index is 13.1. The van der Waals surface area contributed by atoms with Crippen molar-refractivity contribution >= 4 is 11.5 Å². The Labute approximate surface area is 163 Å². The Morgan fingerprint density at radius 2 is 1.96 bits per heavy atom. The Kier molecular flexibility index (Phi) is 5.19. The molecular formula is C22H22FNO4. The molecular weight excluding hydrogens is 361 g/mol. The van der Waals surface area contributed by atoms with Gasteiger partial charge >= 0.3 is 0 Å². The number of benzene rings is 2. The monoisotopic (exact) mass is 383 g/mol. The lowest BCUT2D eigenvalue weighted by Crippen LogP contribution is -2.35. The normalized spacial score (nSPS) is 18.2. The van der Waals surface area contributed by atoms with Crippen LogP contribution in [0.3, 0.4) is 0 Å². The van der Waals surface area contributed by atoms with Gasteiger partial charge in [-0.2, -0.15) is 0 Å². The van der Waals surface area contributed by atoms with Crippen molar-refractivity contribution in [3.8, 4) is 17.2 Å². The summed E-state index contributed by atoms with van der Waals surface area (Å²) in [5.41, 5.74) is 2.70. The predicted octanol–water partition coefficient (Wildman–Crippen LogP) is 3.97. The predicted molar refractivity (Wildman–Crippen MR) is 103 cm³/mol. The second kappa shape index (κ2) is 7.92. The van der Waals surface area contributed by atoms with E-state index in [0.717, 1.165) is 24.8 Å². The number of fused-ring (bicyclic) bond motifs is 1. The first-order chi connectivity index (χ1) is 13.6. The van der Waals surface area contributed by atoms with E-state index in [-0.39, 0.29) is 17.8 Å². The molecule has 1 atom stereocenters. The molecule has 1 N–H and O–H groups in total. The Morgan fingerprint density at radius 1 is 1.18 bits per heavy atom. The number of rotatable bonds is 4. The van der Waals surface area contributed by atoms with Crippen molar-refractivity contribution in [1.29, 1.82) is 0 Å². The number of nitrogens with one attached hydrogen (secondary N) is 1. The molecule has 0 bridgehead atoms. The van der Waals surface area contributed by atoms with E-state index in [1.54, 1.807) is 24.3 Å². The van der Waals surface area contributed by atoms with E-state index in [0.29, 0.717) is 36.0 Å². The first-order valence-electron chi connectivity index (χ1n) is 9.37. The van der Waals surface area contributed by atoms with E-state index in [1.807, 2.05) is 0 Å². The van der Waals surface area contributed by atoms with E-state index in [4.69, 9.17) is 14.2 Å². The summed E-state index contributed by atoms with van der Waals surface area (Å²) >= 11 is 0. The van der Waals surface area contributed by atoms with Crippen LogP contribution in [0.5, 0.6) is 17.2 Å². The Hall–Kier alpha value is -3.02. The van der Waals surface area contributed by atoms with Crippen LogP contribution >= 0.6 is 0 Å². The molecule has 0 saturated heterocycles. The van der Waals surface area contributed by atoms with Gasteiger partial charge in [-0.25, -0.2) is 4.39 Å². The zero-order valence-corrected chi connectivity index (χ0v) is 15.7. The van der Waals surface area contributed by atoms with Gasteiger partial charge < -0.3 is 19.5 Å². The van der Waals surface area contributed by atoms with Crippen LogP contribution in [0.1, 0.15) is 35.2 Å². The standard InChI is InChI=1S/C22H22FNO4/c1-26-19-12-16(13-20-21(19)28-11-10-27-20)22(25)24-18-8-4-15(5-9-18)14-2-6-17(23)7-3-14/h2-4,6-7,12-13,18H,5,8-11H2,1H3,(H,24,25)/t18-/m1/s1. The van der Waals surface area contributed by atoms with E-state index < -0.39 is 0 Å². The minimum atomic E-state index is -0.236. The third-order valence-electron chi connectivity index (χ3n) is 5.05. The number of hydrogen-bond donors (Lipinski definition) is 1. The Balaban J connectivity index is 1.44. The molecule has 1 heterocycles. The van der Waals surface area contributed by atoms with Gasteiger partial charge in [0.2, 0.25) is 5.75 Å². The van der Waals surface area contributed by atoms with Crippen molar-refractivity contribution in [1.82, 2.24) is 5.32 Å². The van der Waals surface area contributed by atoms with Gasteiger partial charge in [0.15, 0.2) is 11.5 Å². The SMILES string of the molecule is COc1cc(C(=O)N[C@@H]2CC=C(c3ccc(F)cc3)CC2)cc2c1OCCO2. The van der Waals surface area contributed by atoms with Gasteiger partial charge in [-0.15, -0.1) is 0 Å². The lowest BCUT2D eigenvalue weighted by Gasteiger charge is -2.24. The summed E-state index contributed by atoms with van der Waals surface area (Å²) in [6, 6.07) is 9.94. The van der Waals surface area contributed by atoms with E-state index in [2.05, 4.69) is 11.4 Å². The van der Waals surface area contributed by atoms with Crippen LogP contribution in [0.4, 0.5) is 4.39 Å². The quantitative estimate of drug-likeness (QED) is 0.868. The van der Waals surface area contributed by atoms with Crippen LogP contribution in [-0.4, -0.2) is 32.3 Å². The number of allylic oxidation sites excluding steroid dienone is 1. The fourth-order valence-corrected chi connectivity index (χ4v) is 3.56. The molecule has 2 aromatic rings. The van der Waals surface area contributed by atoms with Crippen LogP contribution in [0.2, 0.25) is 0 Å². The molecule has 1 aliphatic heterocycles. The van der Waals surface area contributed by atoms with Crippen molar-refractivity contribution in [2.75, 3.05) is 20.3 Å². The average Bonchev–Trinajstić information content (AvgIpc) is 2.74. The minimum absolute atomic E-state index is 0.0518. The number of hydrogen-bond acceptors (Lipinski definition) is 4. The summed E-state index contributed by atoms with van der Waals surface area (Å²) in [7, 11) is 1.54. The zero-order valence-electron chi connectivity index (χ0n) is 15.7. The van der Waals surface area contributed by atoms with Crippen molar-refractivity contribution in [2.45, 2.75) is 25.3 Å². The summed E-state index contributed by atoms with van der Waals surface area (Å²) in [5.74, 6) is 1.15. The molecule has 0 fully saturated rings. The summed E-state index contributed by atoms with van der Waals surface area (Å²) in [6.45, 7) is 0.903. The first-order valence-corrected chi connectivity index (χ1v) is 9.37. The molecule has 0 spiro atoms. The smallest absolute Gasteiger partial charge is 0.251 e. The van der Waals surface area contributed by atoms with Gasteiger partial charge in [0.1, 0.15) is 19.0 Å². The molecule has 28 heavy (non-hydrogen) atoms. The van der Waals surface area contributed by atoms with E-state index in [1.165, 1.54) is 24.8 Å². The highest BCUT2D eigenvalue weighted by Crippen LogP contribution is 2.40. The summed E-state index contributed by atoms with van der Waals surface area (Å²) in [5, 5.41) is 3.08. The molecule has 2 aliphatic rings. The van der Waals surface area contributed by atoms with Crippen LogP contribution in [0.25, 0.3) is 5.57 Å². The largest absolute Gasteiger partial charge is 0.493 e. The fraction of sp³-hybridized carbons (Fsp3) is 0.318. The maximum atomic E-state index is 13.1. The lowest BCUT2D eigenvalue weighted by molar-refractivity contribution is 0.0933. The van der Waals surface area contributed by atoms with Crippen molar-refractivity contribution in [2.24, 2.45) is 0 Å². The Morgan fingerprint density at radius 3 is 2.68 bits per heavy atom. The van der Waals surface area contributed by atoms with Gasteiger partial charge in [0.25, 0.3) is 5.91 Å². The lowest BCUT2D eigenvalue weighted by atomic mass is 9.90. The number of halogens is 1. The second-order valence-electron chi connectivity index (χ2n) is 6.88. The van der Waals surface area contributed by atoms with E-state index in [9.17, 15) is 9.18 Å². The summed E-state index contributed by atoms with van der Waals surface area (Å²) < 4.78 is 29.6. The highest BCUT2D eigenvalue weighted by Gasteiger charge is 2.23. The molecule has 2 aromatic carbocycles. The van der Waals surface area contributed by atoms with Crippen LogP contribution in [0.15, 0.2) is 42.5 Å². The summed E-state index contributed by atoms with van der Waals surface area (Å²) in [4.78, 5) is 12.7. The molecule has 0 unspecified atom stereocenters. The van der Waals surface area contributed by atoms with Crippen molar-refractivity contribution in [3.05, 3.63) is 59.4 Å². The topological polar surface area (TPSA) is 56.8 Å². The number of amides is 1. The second-order valence-corrected chi connectivity index (χ2v) is 6.88. The fourth-order valence-electron chi connectivity index (χ4n) is 3.56. The van der Waals surface area contributed by atoms with Gasteiger partial charge in [0, 0.05) is 11.6 Å². The minimum Gasteiger partial charge on any atom is -0.493 e. The van der Waals surface area contributed by atoms with Gasteiger partial charge in [0.05, 0.1) is 7.11 Å².